The van der Waals surface area contributed by atoms with Crippen molar-refractivity contribution in [2.45, 2.75) is 25.7 Å². The first kappa shape index (κ1) is 14.1. The topological polar surface area (TPSA) is 50.1 Å². The minimum Gasteiger partial charge on any atom is -0.465 e. The Morgan fingerprint density at radius 3 is 2.65 bits per heavy atom. The van der Waals surface area contributed by atoms with E-state index in [-0.39, 0.29) is 12.4 Å². The number of hydrogen-bond donors (Lipinski definition) is 0. The monoisotopic (exact) mass is 267 g/mol. The van der Waals surface area contributed by atoms with Gasteiger partial charge in [-0.3, -0.25) is 4.79 Å². The molecule has 0 saturated heterocycles. The van der Waals surface area contributed by atoms with Crippen molar-refractivity contribution < 1.29 is 9.53 Å². The van der Waals surface area contributed by atoms with Crippen LogP contribution in [0.5, 0.6) is 0 Å². The standard InChI is InChI=1S/C17H17NO2/c1-3-20-16(19)17(2,11-12-18)15-10-6-8-13-7-4-5-9-14(13)15/h4-10H,3,11H2,1-2H3. The molecule has 0 amide bonds. The van der Waals surface area contributed by atoms with Crippen molar-refractivity contribution in [1.29, 1.82) is 5.26 Å². The summed E-state index contributed by atoms with van der Waals surface area (Å²) in [7, 11) is 0. The van der Waals surface area contributed by atoms with Gasteiger partial charge in [0.05, 0.1) is 19.1 Å². The number of hydrogen-bond acceptors (Lipinski definition) is 3. The van der Waals surface area contributed by atoms with Crippen LogP contribution in [0.25, 0.3) is 10.8 Å². The molecule has 0 N–H and O–H groups in total. The summed E-state index contributed by atoms with van der Waals surface area (Å²) < 4.78 is 5.17. The summed E-state index contributed by atoms with van der Waals surface area (Å²) in [6, 6.07) is 15.8. The van der Waals surface area contributed by atoms with Gasteiger partial charge in [-0.2, -0.15) is 5.26 Å². The predicted molar refractivity (Wildman–Crippen MR) is 78.2 cm³/mol. The van der Waals surface area contributed by atoms with E-state index in [0.717, 1.165) is 16.3 Å². The van der Waals surface area contributed by atoms with Crippen LogP contribution in [-0.4, -0.2) is 12.6 Å². The number of esters is 1. The van der Waals surface area contributed by atoms with Gasteiger partial charge in [0, 0.05) is 0 Å². The van der Waals surface area contributed by atoms with E-state index in [1.165, 1.54) is 0 Å². The molecule has 3 heteroatoms. The van der Waals surface area contributed by atoms with E-state index in [2.05, 4.69) is 6.07 Å². The molecule has 20 heavy (non-hydrogen) atoms. The first-order valence-electron chi connectivity index (χ1n) is 6.66. The molecule has 0 aromatic heterocycles. The van der Waals surface area contributed by atoms with Crippen LogP contribution in [0.3, 0.4) is 0 Å². The van der Waals surface area contributed by atoms with Crippen molar-refractivity contribution in [2.75, 3.05) is 6.61 Å². The fourth-order valence-electron chi connectivity index (χ4n) is 2.43. The van der Waals surface area contributed by atoms with Crippen molar-refractivity contribution in [2.24, 2.45) is 0 Å². The van der Waals surface area contributed by atoms with Gasteiger partial charge < -0.3 is 4.74 Å². The smallest absolute Gasteiger partial charge is 0.317 e. The quantitative estimate of drug-likeness (QED) is 0.796. The molecule has 0 bridgehead atoms. The summed E-state index contributed by atoms with van der Waals surface area (Å²) in [5.74, 6) is -0.349. The summed E-state index contributed by atoms with van der Waals surface area (Å²) in [5, 5.41) is 11.1. The molecule has 3 nitrogen and oxygen atoms in total. The fourth-order valence-corrected chi connectivity index (χ4v) is 2.43. The maximum atomic E-state index is 12.3. The lowest BCUT2D eigenvalue weighted by Gasteiger charge is -2.26. The van der Waals surface area contributed by atoms with E-state index in [1.807, 2.05) is 42.5 Å². The Labute approximate surface area is 118 Å². The molecule has 2 rings (SSSR count). The van der Waals surface area contributed by atoms with Crippen molar-refractivity contribution in [3.63, 3.8) is 0 Å². The van der Waals surface area contributed by atoms with Crippen LogP contribution < -0.4 is 0 Å². The maximum absolute atomic E-state index is 12.3. The van der Waals surface area contributed by atoms with E-state index in [4.69, 9.17) is 10.00 Å². The molecule has 0 aliphatic rings. The van der Waals surface area contributed by atoms with E-state index in [0.29, 0.717) is 6.61 Å². The molecular formula is C17H17NO2. The Balaban J connectivity index is 2.63. The first-order valence-corrected chi connectivity index (χ1v) is 6.66. The molecule has 0 aliphatic carbocycles. The molecule has 2 aromatic carbocycles. The lowest BCUT2D eigenvalue weighted by molar-refractivity contribution is -0.149. The molecule has 1 unspecified atom stereocenters. The Bertz CT molecular complexity index is 667. The second-order valence-electron chi connectivity index (χ2n) is 4.91. The van der Waals surface area contributed by atoms with Gasteiger partial charge in [0.15, 0.2) is 0 Å². The van der Waals surface area contributed by atoms with Crippen LogP contribution in [0, 0.1) is 11.3 Å². The average molecular weight is 267 g/mol. The number of fused-ring (bicyclic) bond motifs is 1. The number of carbonyl (C=O) groups is 1. The molecule has 0 fully saturated rings. The van der Waals surface area contributed by atoms with Crippen LogP contribution in [0.2, 0.25) is 0 Å². The molecule has 0 aliphatic heterocycles. The Morgan fingerprint density at radius 1 is 1.25 bits per heavy atom. The number of nitriles is 1. The third kappa shape index (κ3) is 2.37. The normalized spacial score (nSPS) is 13.4. The van der Waals surface area contributed by atoms with Crippen molar-refractivity contribution >= 4 is 16.7 Å². The predicted octanol–water partition coefficient (Wildman–Crippen LogP) is 3.57. The summed E-state index contributed by atoms with van der Waals surface area (Å²) >= 11 is 0. The highest BCUT2D eigenvalue weighted by Gasteiger charge is 2.37. The van der Waals surface area contributed by atoms with Crippen LogP contribution in [0.1, 0.15) is 25.8 Å². The lowest BCUT2D eigenvalue weighted by Crippen LogP contribution is -2.34. The highest BCUT2D eigenvalue weighted by Crippen LogP contribution is 2.34. The molecular weight excluding hydrogens is 250 g/mol. The number of rotatable bonds is 4. The highest BCUT2D eigenvalue weighted by molar-refractivity contribution is 5.93. The zero-order valence-electron chi connectivity index (χ0n) is 11.7. The first-order chi connectivity index (χ1) is 9.63. The molecule has 1 atom stereocenters. The van der Waals surface area contributed by atoms with Gasteiger partial charge in [0.2, 0.25) is 0 Å². The van der Waals surface area contributed by atoms with Gasteiger partial charge >= 0.3 is 5.97 Å². The van der Waals surface area contributed by atoms with E-state index >= 15 is 0 Å². The minimum absolute atomic E-state index is 0.0971. The Hall–Kier alpha value is -2.34. The van der Waals surface area contributed by atoms with Crippen LogP contribution in [0.4, 0.5) is 0 Å². The van der Waals surface area contributed by atoms with E-state index in [1.54, 1.807) is 13.8 Å². The van der Waals surface area contributed by atoms with Gasteiger partial charge in [0.1, 0.15) is 5.41 Å². The Morgan fingerprint density at radius 2 is 1.95 bits per heavy atom. The SMILES string of the molecule is CCOC(=O)C(C)(CC#N)c1cccc2ccccc12. The van der Waals surface area contributed by atoms with Crippen LogP contribution in [-0.2, 0) is 14.9 Å². The van der Waals surface area contributed by atoms with E-state index in [9.17, 15) is 4.79 Å². The maximum Gasteiger partial charge on any atom is 0.317 e. The lowest BCUT2D eigenvalue weighted by atomic mass is 9.77. The molecule has 2 aromatic rings. The summed E-state index contributed by atoms with van der Waals surface area (Å²) in [4.78, 5) is 12.3. The van der Waals surface area contributed by atoms with Crippen molar-refractivity contribution in [3.05, 3.63) is 48.0 Å². The molecule has 102 valence electrons. The van der Waals surface area contributed by atoms with Crippen molar-refractivity contribution in [1.82, 2.24) is 0 Å². The third-order valence-corrected chi connectivity index (χ3v) is 3.54. The van der Waals surface area contributed by atoms with Gasteiger partial charge in [0.25, 0.3) is 0 Å². The zero-order chi connectivity index (χ0) is 14.6. The average Bonchev–Trinajstić information content (AvgIpc) is 2.47. The molecule has 0 radical (unpaired) electrons. The number of carbonyl (C=O) groups excluding carboxylic acids is 1. The van der Waals surface area contributed by atoms with Gasteiger partial charge in [-0.1, -0.05) is 42.5 Å². The summed E-state index contributed by atoms with van der Waals surface area (Å²) in [6.07, 6.45) is 0.0971. The molecule has 0 heterocycles. The fraction of sp³-hybridized carbons (Fsp3) is 0.294. The van der Waals surface area contributed by atoms with Gasteiger partial charge in [-0.25, -0.2) is 0 Å². The van der Waals surface area contributed by atoms with Crippen molar-refractivity contribution in [3.8, 4) is 6.07 Å². The van der Waals surface area contributed by atoms with Crippen LogP contribution >= 0.6 is 0 Å². The third-order valence-electron chi connectivity index (χ3n) is 3.54. The second kappa shape index (κ2) is 5.75. The zero-order valence-corrected chi connectivity index (χ0v) is 11.7. The number of nitrogens with zero attached hydrogens (tertiary/aromatic N) is 1. The molecule has 0 spiro atoms. The summed E-state index contributed by atoms with van der Waals surface area (Å²) in [5.41, 5.74) is -0.0957. The molecule has 0 saturated carbocycles. The largest absolute Gasteiger partial charge is 0.465 e. The second-order valence-corrected chi connectivity index (χ2v) is 4.91. The van der Waals surface area contributed by atoms with Crippen LogP contribution in [0.15, 0.2) is 42.5 Å². The van der Waals surface area contributed by atoms with Gasteiger partial charge in [-0.15, -0.1) is 0 Å². The van der Waals surface area contributed by atoms with Gasteiger partial charge in [-0.05, 0) is 30.2 Å². The summed E-state index contributed by atoms with van der Waals surface area (Å²) in [6.45, 7) is 3.86. The van der Waals surface area contributed by atoms with E-state index < -0.39 is 5.41 Å². The minimum atomic E-state index is -0.939. The number of benzene rings is 2. The number of ether oxygens (including phenoxy) is 1. The highest BCUT2D eigenvalue weighted by atomic mass is 16.5. The Kier molecular flexibility index (Phi) is 4.05.